The summed E-state index contributed by atoms with van der Waals surface area (Å²) in [5, 5.41) is 11.7. The van der Waals surface area contributed by atoms with E-state index in [0.29, 0.717) is 43.7 Å². The van der Waals surface area contributed by atoms with Crippen molar-refractivity contribution in [3.05, 3.63) is 60.2 Å². The first-order valence-corrected chi connectivity index (χ1v) is 10.5. The summed E-state index contributed by atoms with van der Waals surface area (Å²) in [7, 11) is 0. The molecule has 0 spiro atoms. The molecule has 2 fully saturated rings. The zero-order valence-electron chi connectivity index (χ0n) is 17.2. The molecular weight excluding hydrogens is 392 g/mol. The number of carbonyl (C=O) groups excluding carboxylic acids is 3. The second-order valence-corrected chi connectivity index (χ2v) is 8.02. The summed E-state index contributed by atoms with van der Waals surface area (Å²) < 4.78 is 0. The maximum Gasteiger partial charge on any atom is 0.228 e. The number of para-hydroxylation sites is 1. The zero-order chi connectivity index (χ0) is 21.8. The van der Waals surface area contributed by atoms with Crippen molar-refractivity contribution in [1.29, 1.82) is 5.26 Å². The highest BCUT2D eigenvalue weighted by Crippen LogP contribution is 2.28. The molecule has 31 heavy (non-hydrogen) atoms. The number of likely N-dealkylation sites (tertiary alicyclic amines) is 1. The van der Waals surface area contributed by atoms with E-state index in [2.05, 4.69) is 5.32 Å². The van der Waals surface area contributed by atoms with Crippen LogP contribution in [0.2, 0.25) is 0 Å². The highest BCUT2D eigenvalue weighted by molar-refractivity contribution is 6.00. The topological polar surface area (TPSA) is 93.5 Å². The minimum Gasteiger partial charge on any atom is -0.342 e. The van der Waals surface area contributed by atoms with Crippen LogP contribution in [0.1, 0.15) is 24.8 Å². The molecule has 158 valence electrons. The Balaban J connectivity index is 1.29. The van der Waals surface area contributed by atoms with Gasteiger partial charge in [-0.25, -0.2) is 0 Å². The Bertz CT molecular complexity index is 1010. The number of anilines is 2. The Hall–Kier alpha value is -3.66. The first kappa shape index (κ1) is 20.6. The van der Waals surface area contributed by atoms with Gasteiger partial charge in [0.2, 0.25) is 17.7 Å². The molecule has 2 aliphatic rings. The van der Waals surface area contributed by atoms with Crippen LogP contribution in [0.4, 0.5) is 11.4 Å². The van der Waals surface area contributed by atoms with Crippen LogP contribution in [0.25, 0.3) is 0 Å². The second kappa shape index (κ2) is 9.00. The fourth-order valence-corrected chi connectivity index (χ4v) is 4.22. The molecule has 0 aliphatic carbocycles. The Morgan fingerprint density at radius 2 is 1.65 bits per heavy atom. The summed E-state index contributed by atoms with van der Waals surface area (Å²) in [5.74, 6) is -0.593. The average Bonchev–Trinajstić information content (AvgIpc) is 3.21. The van der Waals surface area contributed by atoms with Crippen molar-refractivity contribution in [3.63, 3.8) is 0 Å². The van der Waals surface area contributed by atoms with Gasteiger partial charge in [0, 0.05) is 43.3 Å². The van der Waals surface area contributed by atoms with Gasteiger partial charge in [-0.05, 0) is 49.2 Å². The van der Waals surface area contributed by atoms with Gasteiger partial charge in [0.05, 0.1) is 17.6 Å². The van der Waals surface area contributed by atoms with Crippen LogP contribution in [-0.2, 0) is 14.4 Å². The van der Waals surface area contributed by atoms with E-state index in [-0.39, 0.29) is 36.0 Å². The molecule has 2 aliphatic heterocycles. The predicted octanol–water partition coefficient (Wildman–Crippen LogP) is 2.79. The summed E-state index contributed by atoms with van der Waals surface area (Å²) in [4.78, 5) is 41.4. The number of carbonyl (C=O) groups is 3. The van der Waals surface area contributed by atoms with Crippen LogP contribution in [0, 0.1) is 23.2 Å². The Kier molecular flexibility index (Phi) is 5.99. The van der Waals surface area contributed by atoms with E-state index in [9.17, 15) is 14.4 Å². The van der Waals surface area contributed by atoms with Crippen LogP contribution in [0.15, 0.2) is 54.6 Å². The lowest BCUT2D eigenvalue weighted by molar-refractivity contribution is -0.138. The van der Waals surface area contributed by atoms with E-state index in [1.807, 2.05) is 36.4 Å². The van der Waals surface area contributed by atoms with Crippen LogP contribution in [0.5, 0.6) is 0 Å². The second-order valence-electron chi connectivity index (χ2n) is 8.02. The van der Waals surface area contributed by atoms with Crippen molar-refractivity contribution in [2.45, 2.75) is 19.3 Å². The molecule has 0 bridgehead atoms. The number of benzene rings is 2. The number of hydrogen-bond donors (Lipinski definition) is 1. The summed E-state index contributed by atoms with van der Waals surface area (Å²) in [6.07, 6.45) is 1.42. The third-order valence-corrected chi connectivity index (χ3v) is 6.00. The lowest BCUT2D eigenvalue weighted by atomic mass is 9.94. The molecule has 7 nitrogen and oxygen atoms in total. The first-order valence-electron chi connectivity index (χ1n) is 10.5. The van der Waals surface area contributed by atoms with E-state index >= 15 is 0 Å². The Morgan fingerprint density at radius 1 is 0.968 bits per heavy atom. The molecular formula is C24H24N4O3. The van der Waals surface area contributed by atoms with Gasteiger partial charge in [-0.3, -0.25) is 14.4 Å². The minimum absolute atomic E-state index is 0.00210. The standard InChI is InChI=1S/C24H24N4O3/c25-15-17-6-8-20(9-7-17)26-23(30)18-10-12-27(13-11-18)24(31)19-14-22(29)28(16-19)21-4-2-1-3-5-21/h1-9,18-19H,10-14,16H2,(H,26,30). The van der Waals surface area contributed by atoms with E-state index < -0.39 is 0 Å². The third-order valence-electron chi connectivity index (χ3n) is 6.00. The Morgan fingerprint density at radius 3 is 2.29 bits per heavy atom. The number of amides is 3. The maximum atomic E-state index is 13.0. The van der Waals surface area contributed by atoms with Gasteiger partial charge in [-0.1, -0.05) is 18.2 Å². The molecule has 1 unspecified atom stereocenters. The molecule has 0 aromatic heterocycles. The quantitative estimate of drug-likeness (QED) is 0.829. The highest BCUT2D eigenvalue weighted by Gasteiger charge is 2.38. The van der Waals surface area contributed by atoms with Crippen molar-refractivity contribution in [1.82, 2.24) is 4.90 Å². The van der Waals surface area contributed by atoms with Gasteiger partial charge in [0.25, 0.3) is 0 Å². The molecule has 1 atom stereocenters. The summed E-state index contributed by atoms with van der Waals surface area (Å²) >= 11 is 0. The van der Waals surface area contributed by atoms with Crippen LogP contribution >= 0.6 is 0 Å². The predicted molar refractivity (Wildman–Crippen MR) is 116 cm³/mol. The number of nitrogens with one attached hydrogen (secondary N) is 1. The normalized spacial score (nSPS) is 19.2. The minimum atomic E-state index is -0.336. The smallest absolute Gasteiger partial charge is 0.228 e. The summed E-state index contributed by atoms with van der Waals surface area (Å²) in [6.45, 7) is 1.43. The maximum absolute atomic E-state index is 13.0. The number of nitrogens with zero attached hydrogens (tertiary/aromatic N) is 3. The molecule has 0 radical (unpaired) electrons. The van der Waals surface area contributed by atoms with Crippen LogP contribution in [-0.4, -0.2) is 42.3 Å². The first-order chi connectivity index (χ1) is 15.0. The number of piperidine rings is 1. The molecule has 2 heterocycles. The van der Waals surface area contributed by atoms with Crippen molar-refractivity contribution in [2.75, 3.05) is 29.9 Å². The molecule has 4 rings (SSSR count). The fourth-order valence-electron chi connectivity index (χ4n) is 4.22. The molecule has 1 N–H and O–H groups in total. The van der Waals surface area contributed by atoms with Gasteiger partial charge in [0.1, 0.15) is 0 Å². The van der Waals surface area contributed by atoms with Gasteiger partial charge >= 0.3 is 0 Å². The Labute approximate surface area is 181 Å². The highest BCUT2D eigenvalue weighted by atomic mass is 16.2. The van der Waals surface area contributed by atoms with Gasteiger partial charge in [0.15, 0.2) is 0 Å². The van der Waals surface area contributed by atoms with Crippen molar-refractivity contribution in [2.24, 2.45) is 11.8 Å². The SMILES string of the molecule is N#Cc1ccc(NC(=O)C2CCN(C(=O)C3CC(=O)N(c4ccccc4)C3)CC2)cc1. The summed E-state index contributed by atoms with van der Waals surface area (Å²) in [5.41, 5.74) is 2.02. The number of hydrogen-bond acceptors (Lipinski definition) is 4. The molecule has 7 heteroatoms. The van der Waals surface area contributed by atoms with Crippen LogP contribution in [0.3, 0.4) is 0 Å². The number of nitriles is 1. The lowest BCUT2D eigenvalue weighted by Crippen LogP contribution is -2.44. The lowest BCUT2D eigenvalue weighted by Gasteiger charge is -2.33. The van der Waals surface area contributed by atoms with E-state index in [4.69, 9.17) is 5.26 Å². The average molecular weight is 416 g/mol. The van der Waals surface area contributed by atoms with E-state index in [0.717, 1.165) is 5.69 Å². The van der Waals surface area contributed by atoms with Crippen molar-refractivity contribution < 1.29 is 14.4 Å². The van der Waals surface area contributed by atoms with Gasteiger partial charge in [-0.15, -0.1) is 0 Å². The molecule has 2 aromatic rings. The van der Waals surface area contributed by atoms with Gasteiger partial charge < -0.3 is 15.1 Å². The molecule has 2 saturated heterocycles. The van der Waals surface area contributed by atoms with Crippen LogP contribution < -0.4 is 10.2 Å². The van der Waals surface area contributed by atoms with Gasteiger partial charge in [-0.2, -0.15) is 5.26 Å². The molecule has 0 saturated carbocycles. The monoisotopic (exact) mass is 416 g/mol. The molecule has 2 aromatic carbocycles. The van der Waals surface area contributed by atoms with E-state index in [1.54, 1.807) is 34.1 Å². The van der Waals surface area contributed by atoms with Crippen molar-refractivity contribution in [3.8, 4) is 6.07 Å². The molecule has 3 amide bonds. The summed E-state index contributed by atoms with van der Waals surface area (Å²) in [6, 6.07) is 18.2. The number of rotatable bonds is 4. The third kappa shape index (κ3) is 4.58. The van der Waals surface area contributed by atoms with E-state index in [1.165, 1.54) is 0 Å². The largest absolute Gasteiger partial charge is 0.342 e. The van der Waals surface area contributed by atoms with Crippen molar-refractivity contribution >= 4 is 29.1 Å². The fraction of sp³-hybridized carbons (Fsp3) is 0.333. The zero-order valence-corrected chi connectivity index (χ0v) is 17.2.